The Hall–Kier alpha value is -1.90. The van der Waals surface area contributed by atoms with Crippen LogP contribution < -0.4 is 0 Å². The molecule has 0 aliphatic carbocycles. The van der Waals surface area contributed by atoms with Crippen LogP contribution in [0, 0.1) is 13.8 Å². The zero-order valence-corrected chi connectivity index (χ0v) is 9.69. The van der Waals surface area contributed by atoms with Crippen LogP contribution in [0.4, 0.5) is 0 Å². The summed E-state index contributed by atoms with van der Waals surface area (Å²) in [5.41, 5.74) is 2.61. The van der Waals surface area contributed by atoms with Gasteiger partial charge in [-0.25, -0.2) is 4.98 Å². The van der Waals surface area contributed by atoms with Crippen molar-refractivity contribution in [1.82, 2.24) is 9.55 Å². The summed E-state index contributed by atoms with van der Waals surface area (Å²) < 4.78 is 1.84. The monoisotopic (exact) mass is 214 g/mol. The second-order valence-corrected chi connectivity index (χ2v) is 3.86. The lowest BCUT2D eigenvalue weighted by atomic mass is 10.1. The number of ketones is 1. The summed E-state index contributed by atoms with van der Waals surface area (Å²) in [5.74, 6) is 0.473. The van der Waals surface area contributed by atoms with Crippen molar-refractivity contribution in [2.45, 2.75) is 13.8 Å². The van der Waals surface area contributed by atoms with Gasteiger partial charge in [-0.05, 0) is 13.8 Å². The Morgan fingerprint density at radius 1 is 1.19 bits per heavy atom. The SMILES string of the molecule is Cc1nc(C(=O)c2ccccc2)n(C)c1C. The van der Waals surface area contributed by atoms with Crippen LogP contribution in [0.5, 0.6) is 0 Å². The van der Waals surface area contributed by atoms with E-state index in [1.807, 2.05) is 55.8 Å². The average molecular weight is 214 g/mol. The fourth-order valence-electron chi connectivity index (χ4n) is 1.64. The molecule has 0 atom stereocenters. The van der Waals surface area contributed by atoms with E-state index in [9.17, 15) is 4.79 Å². The number of nitrogens with zero attached hydrogens (tertiary/aromatic N) is 2. The Bertz CT molecular complexity index is 526. The third-order valence-electron chi connectivity index (χ3n) is 2.86. The molecule has 0 unspecified atom stereocenters. The van der Waals surface area contributed by atoms with E-state index in [-0.39, 0.29) is 5.78 Å². The topological polar surface area (TPSA) is 34.9 Å². The Kier molecular flexibility index (Phi) is 2.60. The van der Waals surface area contributed by atoms with E-state index in [0.717, 1.165) is 11.4 Å². The Morgan fingerprint density at radius 2 is 1.81 bits per heavy atom. The lowest BCUT2D eigenvalue weighted by Gasteiger charge is -2.02. The number of hydrogen-bond donors (Lipinski definition) is 0. The minimum Gasteiger partial charge on any atom is -0.328 e. The first kappa shape index (κ1) is 10.6. The summed E-state index contributed by atoms with van der Waals surface area (Å²) in [4.78, 5) is 16.4. The van der Waals surface area contributed by atoms with Gasteiger partial charge >= 0.3 is 0 Å². The van der Waals surface area contributed by atoms with Gasteiger partial charge in [0.15, 0.2) is 5.82 Å². The molecular formula is C13H14N2O. The molecule has 82 valence electrons. The van der Waals surface area contributed by atoms with Crippen LogP contribution >= 0.6 is 0 Å². The van der Waals surface area contributed by atoms with Gasteiger partial charge in [-0.3, -0.25) is 4.79 Å². The van der Waals surface area contributed by atoms with Gasteiger partial charge in [0.1, 0.15) is 0 Å². The highest BCUT2D eigenvalue weighted by molar-refractivity contribution is 6.06. The Labute approximate surface area is 94.7 Å². The molecule has 0 spiro atoms. The van der Waals surface area contributed by atoms with Crippen molar-refractivity contribution < 1.29 is 4.79 Å². The molecule has 0 aliphatic heterocycles. The highest BCUT2D eigenvalue weighted by atomic mass is 16.1. The quantitative estimate of drug-likeness (QED) is 0.719. The smallest absolute Gasteiger partial charge is 0.228 e. The van der Waals surface area contributed by atoms with Crippen LogP contribution in [-0.2, 0) is 7.05 Å². The van der Waals surface area contributed by atoms with Crippen LogP contribution in [-0.4, -0.2) is 15.3 Å². The molecule has 3 nitrogen and oxygen atoms in total. The normalized spacial score (nSPS) is 10.4. The van der Waals surface area contributed by atoms with Crippen LogP contribution in [0.15, 0.2) is 30.3 Å². The lowest BCUT2D eigenvalue weighted by Crippen LogP contribution is -2.09. The van der Waals surface area contributed by atoms with Crippen LogP contribution in [0.2, 0.25) is 0 Å². The van der Waals surface area contributed by atoms with Gasteiger partial charge in [0.05, 0.1) is 5.69 Å². The summed E-state index contributed by atoms with van der Waals surface area (Å²) in [7, 11) is 1.87. The molecule has 0 aliphatic rings. The standard InChI is InChI=1S/C13H14N2O/c1-9-10(2)15(3)13(14-9)12(16)11-7-5-4-6-8-11/h4-8H,1-3H3. The van der Waals surface area contributed by atoms with E-state index in [2.05, 4.69) is 4.98 Å². The van der Waals surface area contributed by atoms with Crippen molar-refractivity contribution in [2.75, 3.05) is 0 Å². The molecule has 0 N–H and O–H groups in total. The zero-order valence-electron chi connectivity index (χ0n) is 9.69. The van der Waals surface area contributed by atoms with Crippen molar-refractivity contribution in [3.8, 4) is 0 Å². The van der Waals surface area contributed by atoms with E-state index >= 15 is 0 Å². The highest BCUT2D eigenvalue weighted by Gasteiger charge is 2.16. The zero-order chi connectivity index (χ0) is 11.7. The molecule has 16 heavy (non-hydrogen) atoms. The molecule has 1 aromatic carbocycles. The second kappa shape index (κ2) is 3.93. The minimum atomic E-state index is -0.0284. The van der Waals surface area contributed by atoms with Crippen molar-refractivity contribution in [3.63, 3.8) is 0 Å². The first-order chi connectivity index (χ1) is 7.61. The number of carbonyl (C=O) groups excluding carboxylic acids is 1. The lowest BCUT2D eigenvalue weighted by molar-refractivity contribution is 0.102. The van der Waals surface area contributed by atoms with Crippen LogP contribution in [0.3, 0.4) is 0 Å². The van der Waals surface area contributed by atoms with Crippen LogP contribution in [0.25, 0.3) is 0 Å². The third kappa shape index (κ3) is 1.65. The maximum Gasteiger partial charge on any atom is 0.228 e. The average Bonchev–Trinajstić information content (AvgIpc) is 2.57. The summed E-state index contributed by atoms with van der Waals surface area (Å²) >= 11 is 0. The van der Waals surface area contributed by atoms with E-state index < -0.39 is 0 Å². The van der Waals surface area contributed by atoms with Crippen molar-refractivity contribution in [3.05, 3.63) is 53.1 Å². The molecule has 0 amide bonds. The molecule has 2 aromatic rings. The summed E-state index contributed by atoms with van der Waals surface area (Å²) in [5, 5.41) is 0. The molecule has 0 radical (unpaired) electrons. The number of aromatic nitrogens is 2. The molecule has 0 saturated heterocycles. The summed E-state index contributed by atoms with van der Waals surface area (Å²) in [6.45, 7) is 3.88. The van der Waals surface area contributed by atoms with E-state index in [4.69, 9.17) is 0 Å². The first-order valence-corrected chi connectivity index (χ1v) is 5.21. The van der Waals surface area contributed by atoms with Gasteiger partial charge < -0.3 is 4.57 Å². The molecular weight excluding hydrogens is 200 g/mol. The van der Waals surface area contributed by atoms with Crippen molar-refractivity contribution in [1.29, 1.82) is 0 Å². The van der Waals surface area contributed by atoms with E-state index in [0.29, 0.717) is 11.4 Å². The van der Waals surface area contributed by atoms with Gasteiger partial charge in [-0.15, -0.1) is 0 Å². The maximum absolute atomic E-state index is 12.1. The van der Waals surface area contributed by atoms with Gasteiger partial charge in [0.2, 0.25) is 5.78 Å². The number of rotatable bonds is 2. The second-order valence-electron chi connectivity index (χ2n) is 3.86. The molecule has 1 heterocycles. The Morgan fingerprint density at radius 3 is 2.31 bits per heavy atom. The largest absolute Gasteiger partial charge is 0.328 e. The minimum absolute atomic E-state index is 0.0284. The fourth-order valence-corrected chi connectivity index (χ4v) is 1.64. The van der Waals surface area contributed by atoms with E-state index in [1.54, 1.807) is 0 Å². The Balaban J connectivity index is 2.46. The van der Waals surface area contributed by atoms with Gasteiger partial charge in [-0.2, -0.15) is 0 Å². The highest BCUT2D eigenvalue weighted by Crippen LogP contribution is 2.12. The molecule has 3 heteroatoms. The van der Waals surface area contributed by atoms with Gasteiger partial charge in [0.25, 0.3) is 0 Å². The third-order valence-corrected chi connectivity index (χ3v) is 2.86. The van der Waals surface area contributed by atoms with Crippen LogP contribution in [0.1, 0.15) is 27.6 Å². The van der Waals surface area contributed by atoms with E-state index in [1.165, 1.54) is 0 Å². The summed E-state index contributed by atoms with van der Waals surface area (Å²) in [6.07, 6.45) is 0. The molecule has 1 aromatic heterocycles. The number of carbonyl (C=O) groups is 1. The van der Waals surface area contributed by atoms with Crippen molar-refractivity contribution >= 4 is 5.78 Å². The molecule has 0 saturated carbocycles. The molecule has 0 bridgehead atoms. The summed E-state index contributed by atoms with van der Waals surface area (Å²) in [6, 6.07) is 9.22. The predicted molar refractivity (Wildman–Crippen MR) is 62.6 cm³/mol. The number of hydrogen-bond acceptors (Lipinski definition) is 2. The fraction of sp³-hybridized carbons (Fsp3) is 0.231. The number of benzene rings is 1. The van der Waals surface area contributed by atoms with Gasteiger partial charge in [-0.1, -0.05) is 30.3 Å². The maximum atomic E-state index is 12.1. The van der Waals surface area contributed by atoms with Crippen molar-refractivity contribution in [2.24, 2.45) is 7.05 Å². The predicted octanol–water partition coefficient (Wildman–Crippen LogP) is 2.27. The molecule has 2 rings (SSSR count). The van der Waals surface area contributed by atoms with Gasteiger partial charge in [0, 0.05) is 18.3 Å². The number of aryl methyl sites for hydroxylation is 1. The number of imidazole rings is 1. The first-order valence-electron chi connectivity index (χ1n) is 5.21. The molecule has 0 fully saturated rings.